The molecule has 9 nitrogen and oxygen atoms in total. The molecule has 2 heterocycles. The summed E-state index contributed by atoms with van der Waals surface area (Å²) in [5.74, 6) is 0.458. The Morgan fingerprint density at radius 2 is 1.86 bits per heavy atom. The van der Waals surface area contributed by atoms with Gasteiger partial charge in [0.05, 0.1) is 34.8 Å². The van der Waals surface area contributed by atoms with Crippen LogP contribution in [0.2, 0.25) is 0 Å². The molecular formula is C18H27N3O6S2. The molecule has 29 heavy (non-hydrogen) atoms. The number of nitrogens with one attached hydrogen (secondary N) is 1. The summed E-state index contributed by atoms with van der Waals surface area (Å²) >= 11 is 0. The second kappa shape index (κ2) is 8.68. The van der Waals surface area contributed by atoms with E-state index >= 15 is 0 Å². The molecule has 2 aromatic rings. The molecular weight excluding hydrogens is 418 g/mol. The maximum atomic E-state index is 13.3. The smallest absolute Gasteiger partial charge is 0.251 e. The van der Waals surface area contributed by atoms with Crippen LogP contribution in [0.25, 0.3) is 11.0 Å². The van der Waals surface area contributed by atoms with Crippen molar-refractivity contribution in [3.63, 3.8) is 0 Å². The molecule has 0 aliphatic carbocycles. The average Bonchev–Trinajstić information content (AvgIpc) is 3.00. The van der Waals surface area contributed by atoms with Crippen molar-refractivity contribution in [1.29, 1.82) is 0 Å². The second-order valence-electron chi connectivity index (χ2n) is 7.13. The molecule has 1 saturated heterocycles. The molecule has 1 aliphatic heterocycles. The minimum absolute atomic E-state index is 0.187. The zero-order valence-corrected chi connectivity index (χ0v) is 18.3. The van der Waals surface area contributed by atoms with Gasteiger partial charge in [0.2, 0.25) is 10.0 Å². The molecule has 1 aromatic carbocycles. The topological polar surface area (TPSA) is 123 Å². The van der Waals surface area contributed by atoms with Gasteiger partial charge in [-0.3, -0.25) is 0 Å². The fourth-order valence-corrected chi connectivity index (χ4v) is 6.04. The van der Waals surface area contributed by atoms with E-state index < -0.39 is 25.9 Å². The van der Waals surface area contributed by atoms with Crippen LogP contribution in [0.1, 0.15) is 31.2 Å². The van der Waals surface area contributed by atoms with E-state index in [1.165, 1.54) is 4.31 Å². The van der Waals surface area contributed by atoms with Gasteiger partial charge in [-0.1, -0.05) is 0 Å². The van der Waals surface area contributed by atoms with Gasteiger partial charge < -0.3 is 9.29 Å². The summed E-state index contributed by atoms with van der Waals surface area (Å²) < 4.78 is 68.1. The van der Waals surface area contributed by atoms with Crippen LogP contribution in [0.4, 0.5) is 0 Å². The lowest BCUT2D eigenvalue weighted by Gasteiger charge is -2.26. The van der Waals surface area contributed by atoms with Gasteiger partial charge >= 0.3 is 0 Å². The molecule has 0 spiro atoms. The third-order valence-corrected chi connectivity index (χ3v) is 8.00. The summed E-state index contributed by atoms with van der Waals surface area (Å²) in [5.41, 5.74) is 2.27. The van der Waals surface area contributed by atoms with E-state index in [2.05, 4.69) is 9.55 Å². The van der Waals surface area contributed by atoms with Crippen LogP contribution in [0.3, 0.4) is 0 Å². The average molecular weight is 446 g/mol. The zero-order chi connectivity index (χ0) is 21.2. The normalized spacial score (nSPS) is 16.5. The van der Waals surface area contributed by atoms with Crippen molar-refractivity contribution in [1.82, 2.24) is 9.29 Å². The molecule has 0 atom stereocenters. The van der Waals surface area contributed by atoms with Crippen LogP contribution in [0.5, 0.6) is 0 Å². The lowest BCUT2D eigenvalue weighted by Crippen LogP contribution is -2.41. The van der Waals surface area contributed by atoms with Gasteiger partial charge in [0.1, 0.15) is 0 Å². The van der Waals surface area contributed by atoms with E-state index in [9.17, 15) is 21.4 Å². The summed E-state index contributed by atoms with van der Waals surface area (Å²) in [4.78, 5) is 3.52. The first-order valence-corrected chi connectivity index (χ1v) is 12.7. The van der Waals surface area contributed by atoms with Gasteiger partial charge in [-0.25, -0.2) is 26.4 Å². The number of rotatable bonds is 8. The van der Waals surface area contributed by atoms with E-state index in [1.54, 1.807) is 12.1 Å². The predicted octanol–water partition coefficient (Wildman–Crippen LogP) is 0.673. The largest absolute Gasteiger partial charge is 0.748 e. The molecule has 0 unspecified atom stereocenters. The lowest BCUT2D eigenvalue weighted by molar-refractivity contribution is -0.673. The monoisotopic (exact) mass is 445 g/mol. The number of sulfonamides is 1. The number of aryl methyl sites for hydroxylation is 3. The number of nitrogens with zero attached hydrogens (tertiary/aromatic N) is 2. The Labute approximate surface area is 171 Å². The molecule has 0 saturated carbocycles. The summed E-state index contributed by atoms with van der Waals surface area (Å²) in [6.45, 7) is 5.98. The minimum atomic E-state index is -4.29. The Hall–Kier alpha value is -1.53. The number of aromatic nitrogens is 2. The first kappa shape index (κ1) is 22.2. The highest BCUT2D eigenvalue weighted by molar-refractivity contribution is 7.89. The maximum Gasteiger partial charge on any atom is 0.251 e. The highest BCUT2D eigenvalue weighted by atomic mass is 32.2. The zero-order valence-electron chi connectivity index (χ0n) is 16.7. The number of hydrogen-bond donors (Lipinski definition) is 1. The van der Waals surface area contributed by atoms with Crippen molar-refractivity contribution >= 4 is 31.2 Å². The Morgan fingerprint density at radius 1 is 1.17 bits per heavy atom. The highest BCUT2D eigenvalue weighted by Gasteiger charge is 2.31. The first-order chi connectivity index (χ1) is 13.6. The molecule has 0 radical (unpaired) electrons. The van der Waals surface area contributed by atoms with Crippen LogP contribution in [-0.2, 0) is 37.8 Å². The summed E-state index contributed by atoms with van der Waals surface area (Å²) in [6, 6.07) is 3.44. The Morgan fingerprint density at radius 3 is 2.48 bits per heavy atom. The van der Waals surface area contributed by atoms with Gasteiger partial charge in [0, 0.05) is 31.3 Å². The standard InChI is InChI=1S/C18H27N3O6S2/c1-3-21-14(2)19-18-15(6-4-5-13-28(22,23)24)17(8-7-16(18)21)29(25,26)20-9-11-27-12-10-20/h7-8H,3-6,9-13H2,1-2H3,(H,22,23,24). The summed E-state index contributed by atoms with van der Waals surface area (Å²) in [7, 11) is -8.00. The number of imidazole rings is 1. The quantitative estimate of drug-likeness (QED) is 0.362. The maximum absolute atomic E-state index is 13.3. The summed E-state index contributed by atoms with van der Waals surface area (Å²) in [6.07, 6.45) is 0.943. The van der Waals surface area contributed by atoms with Gasteiger partial charge in [-0.05, 0) is 38.3 Å². The van der Waals surface area contributed by atoms with Crippen molar-refractivity contribution in [2.75, 3.05) is 32.1 Å². The number of unbranched alkanes of at least 4 members (excludes halogenated alkanes) is 1. The van der Waals surface area contributed by atoms with Crippen LogP contribution >= 0.6 is 0 Å². The Balaban J connectivity index is 2.03. The Kier molecular flexibility index (Phi) is 6.64. The number of hydrogen-bond acceptors (Lipinski definition) is 6. The van der Waals surface area contributed by atoms with Crippen molar-refractivity contribution in [2.45, 2.75) is 44.6 Å². The molecule has 1 aliphatic rings. The lowest BCUT2D eigenvalue weighted by atomic mass is 10.1. The van der Waals surface area contributed by atoms with E-state index in [0.29, 0.717) is 44.7 Å². The number of ether oxygens (including phenoxy) is 1. The van der Waals surface area contributed by atoms with Crippen molar-refractivity contribution in [3.8, 4) is 0 Å². The van der Waals surface area contributed by atoms with Gasteiger partial charge in [0.25, 0.3) is 5.82 Å². The predicted molar refractivity (Wildman–Crippen MR) is 106 cm³/mol. The fraction of sp³-hybridized carbons (Fsp3) is 0.611. The molecule has 1 aromatic heterocycles. The van der Waals surface area contributed by atoms with Crippen LogP contribution in [-0.4, -0.2) is 62.7 Å². The van der Waals surface area contributed by atoms with Crippen molar-refractivity contribution < 1.29 is 30.7 Å². The van der Waals surface area contributed by atoms with E-state index in [-0.39, 0.29) is 11.3 Å². The van der Waals surface area contributed by atoms with Gasteiger partial charge in [0.15, 0.2) is 11.0 Å². The van der Waals surface area contributed by atoms with Crippen LogP contribution in [0, 0.1) is 6.92 Å². The van der Waals surface area contributed by atoms with Crippen LogP contribution in [0.15, 0.2) is 17.0 Å². The summed E-state index contributed by atoms with van der Waals surface area (Å²) in [5, 5.41) is 0. The number of H-pyrrole nitrogens is 1. The first-order valence-electron chi connectivity index (χ1n) is 9.70. The van der Waals surface area contributed by atoms with Gasteiger partial charge in [-0.2, -0.15) is 4.31 Å². The van der Waals surface area contributed by atoms with E-state index in [0.717, 1.165) is 23.4 Å². The third kappa shape index (κ3) is 4.80. The van der Waals surface area contributed by atoms with Crippen LogP contribution < -0.4 is 4.57 Å². The number of morpholine rings is 1. The number of aromatic amines is 1. The number of benzene rings is 1. The third-order valence-electron chi connectivity index (χ3n) is 5.22. The molecule has 162 valence electrons. The number of fused-ring (bicyclic) bond motifs is 1. The molecule has 1 N–H and O–H groups in total. The molecule has 11 heteroatoms. The molecule has 1 fully saturated rings. The highest BCUT2D eigenvalue weighted by Crippen LogP contribution is 2.28. The fourth-order valence-electron chi connectivity index (χ4n) is 3.81. The molecule has 0 bridgehead atoms. The molecule has 0 amide bonds. The molecule has 3 rings (SSSR count). The second-order valence-corrected chi connectivity index (χ2v) is 10.6. The Bertz CT molecular complexity index is 1090. The van der Waals surface area contributed by atoms with E-state index in [4.69, 9.17) is 4.74 Å². The van der Waals surface area contributed by atoms with Crippen molar-refractivity contribution in [3.05, 3.63) is 23.5 Å². The minimum Gasteiger partial charge on any atom is -0.748 e. The SMILES string of the molecule is CC[n+]1c(C)[nH]c2c(CCCCS(=O)(=O)[O-])c(S(=O)(=O)N3CCOCC3)ccc21. The van der Waals surface area contributed by atoms with Crippen molar-refractivity contribution in [2.24, 2.45) is 0 Å². The van der Waals surface area contributed by atoms with E-state index in [1.807, 2.05) is 13.8 Å². The van der Waals surface area contributed by atoms with Gasteiger partial charge in [-0.15, -0.1) is 0 Å².